The number of hydrazone groups is 1. The molecule has 0 spiro atoms. The molecule has 3 rings (SSSR count). The van der Waals surface area contributed by atoms with Crippen LogP contribution in [0, 0.1) is 5.92 Å². The molecule has 0 saturated heterocycles. The molecule has 1 amide bonds. The third-order valence-electron chi connectivity index (χ3n) is 4.43. The zero-order chi connectivity index (χ0) is 20.1. The summed E-state index contributed by atoms with van der Waals surface area (Å²) in [4.78, 5) is 36.9. The quantitative estimate of drug-likeness (QED) is 0.709. The largest absolute Gasteiger partial charge is 0.497 e. The third kappa shape index (κ3) is 4.43. The first kappa shape index (κ1) is 19.3. The molecule has 1 atom stereocenters. The molecular formula is C21H20N2O5. The Morgan fingerprint density at radius 1 is 1.07 bits per heavy atom. The van der Waals surface area contributed by atoms with Gasteiger partial charge in [0, 0.05) is 6.42 Å². The highest BCUT2D eigenvalue weighted by molar-refractivity contribution is 6.25. The van der Waals surface area contributed by atoms with Crippen LogP contribution in [0.25, 0.3) is 0 Å². The molecule has 7 heteroatoms. The van der Waals surface area contributed by atoms with Crippen LogP contribution in [0.15, 0.2) is 59.7 Å². The van der Waals surface area contributed by atoms with Gasteiger partial charge in [0.2, 0.25) is 0 Å². The molecule has 0 fully saturated rings. The molecule has 0 aliphatic carbocycles. The van der Waals surface area contributed by atoms with Crippen molar-refractivity contribution in [1.82, 2.24) is 5.01 Å². The van der Waals surface area contributed by atoms with Gasteiger partial charge in [-0.05, 0) is 23.3 Å². The fraction of sp³-hybridized carbons (Fsp3) is 0.238. The highest BCUT2D eigenvalue weighted by atomic mass is 16.5. The maximum atomic E-state index is 12.9. The van der Waals surface area contributed by atoms with Crippen LogP contribution in [-0.2, 0) is 27.3 Å². The lowest BCUT2D eigenvalue weighted by Gasteiger charge is -2.14. The van der Waals surface area contributed by atoms with Crippen molar-refractivity contribution in [3.8, 4) is 5.75 Å². The number of carbonyl (C=O) groups excluding carboxylic acids is 2. The number of benzene rings is 2. The number of nitrogens with zero attached hydrogens (tertiary/aromatic N) is 2. The summed E-state index contributed by atoms with van der Waals surface area (Å²) in [7, 11) is 1.53. The number of carboxylic acids is 1. The smallest absolute Gasteiger partial charge is 0.309 e. The number of carboxylic acid groups (broad SMARTS) is 1. The number of carbonyl (C=O) groups is 3. The predicted molar refractivity (Wildman–Crippen MR) is 102 cm³/mol. The fourth-order valence-electron chi connectivity index (χ4n) is 3.12. The summed E-state index contributed by atoms with van der Waals surface area (Å²) in [5, 5.41) is 14.5. The van der Waals surface area contributed by atoms with Crippen molar-refractivity contribution >= 4 is 23.4 Å². The molecule has 0 bridgehead atoms. The van der Waals surface area contributed by atoms with E-state index in [-0.39, 0.29) is 24.5 Å². The summed E-state index contributed by atoms with van der Waals surface area (Å²) in [5.41, 5.74) is 1.60. The highest BCUT2D eigenvalue weighted by Gasteiger charge is 2.41. The van der Waals surface area contributed by atoms with Crippen molar-refractivity contribution < 1.29 is 24.2 Å². The van der Waals surface area contributed by atoms with E-state index >= 15 is 0 Å². The van der Waals surface area contributed by atoms with Crippen molar-refractivity contribution in [3.05, 3.63) is 65.7 Å². The Labute approximate surface area is 162 Å². The SMILES string of the molecule is COc1cccc(CC(=O)C2C(=O)N(Cc3ccccc3)N=C2CC(=O)O)c1. The van der Waals surface area contributed by atoms with Gasteiger partial charge >= 0.3 is 5.97 Å². The second kappa shape index (κ2) is 8.47. The molecule has 0 aromatic heterocycles. The first-order valence-corrected chi connectivity index (χ1v) is 8.78. The zero-order valence-corrected chi connectivity index (χ0v) is 15.4. The van der Waals surface area contributed by atoms with Crippen LogP contribution in [0.4, 0.5) is 0 Å². The van der Waals surface area contributed by atoms with E-state index in [1.807, 2.05) is 30.3 Å². The summed E-state index contributed by atoms with van der Waals surface area (Å²) in [6, 6.07) is 16.2. The van der Waals surface area contributed by atoms with E-state index in [4.69, 9.17) is 9.84 Å². The van der Waals surface area contributed by atoms with Gasteiger partial charge in [0.1, 0.15) is 11.7 Å². The Morgan fingerprint density at radius 3 is 2.46 bits per heavy atom. The number of ketones is 1. The van der Waals surface area contributed by atoms with Gasteiger partial charge in [-0.3, -0.25) is 14.4 Å². The molecule has 144 valence electrons. The molecule has 2 aromatic rings. The lowest BCUT2D eigenvalue weighted by molar-refractivity contribution is -0.137. The van der Waals surface area contributed by atoms with Gasteiger partial charge in [-0.15, -0.1) is 0 Å². The van der Waals surface area contributed by atoms with Crippen molar-refractivity contribution in [3.63, 3.8) is 0 Å². The second-order valence-electron chi connectivity index (χ2n) is 6.47. The molecule has 28 heavy (non-hydrogen) atoms. The Morgan fingerprint density at radius 2 is 1.79 bits per heavy atom. The number of aliphatic carboxylic acids is 1. The van der Waals surface area contributed by atoms with Crippen LogP contribution in [0.2, 0.25) is 0 Å². The number of Topliss-reactive ketones (excluding diaryl/α,β-unsaturated/α-hetero) is 1. The average Bonchev–Trinajstić information content (AvgIpc) is 2.97. The monoisotopic (exact) mass is 380 g/mol. The lowest BCUT2D eigenvalue weighted by atomic mass is 9.91. The van der Waals surface area contributed by atoms with E-state index in [9.17, 15) is 14.4 Å². The molecule has 0 radical (unpaired) electrons. The summed E-state index contributed by atoms with van der Waals surface area (Å²) in [6.07, 6.45) is -0.461. The molecule has 7 nitrogen and oxygen atoms in total. The Hall–Kier alpha value is -3.48. The van der Waals surface area contributed by atoms with Crippen molar-refractivity contribution in [2.45, 2.75) is 19.4 Å². The Balaban J connectivity index is 1.80. The standard InChI is InChI=1S/C21H20N2O5/c1-28-16-9-5-8-15(10-16)11-18(24)20-17(12-19(25)26)22-23(21(20)27)13-14-6-3-2-4-7-14/h2-10,20H,11-13H2,1H3,(H,25,26). The summed E-state index contributed by atoms with van der Waals surface area (Å²) in [6.45, 7) is 0.186. The van der Waals surface area contributed by atoms with Crippen LogP contribution < -0.4 is 4.74 Å². The third-order valence-corrected chi connectivity index (χ3v) is 4.43. The van der Waals surface area contributed by atoms with Gasteiger partial charge in [0.25, 0.3) is 5.91 Å². The van der Waals surface area contributed by atoms with Crippen LogP contribution in [0.3, 0.4) is 0 Å². The summed E-state index contributed by atoms with van der Waals surface area (Å²) < 4.78 is 5.15. The first-order chi connectivity index (χ1) is 13.5. The normalized spacial score (nSPS) is 16.0. The van der Waals surface area contributed by atoms with E-state index < -0.39 is 24.2 Å². The molecule has 0 saturated carbocycles. The van der Waals surface area contributed by atoms with Gasteiger partial charge in [-0.25, -0.2) is 5.01 Å². The van der Waals surface area contributed by atoms with E-state index in [1.54, 1.807) is 24.3 Å². The number of amides is 1. The molecule has 1 aliphatic heterocycles. The fourth-order valence-corrected chi connectivity index (χ4v) is 3.12. The number of rotatable bonds is 8. The number of hydrogen-bond acceptors (Lipinski definition) is 5. The van der Waals surface area contributed by atoms with E-state index in [1.165, 1.54) is 12.1 Å². The molecule has 1 unspecified atom stereocenters. The number of ether oxygens (including phenoxy) is 1. The topological polar surface area (TPSA) is 96.3 Å². The molecule has 1 aliphatic rings. The van der Waals surface area contributed by atoms with Crippen molar-refractivity contribution in [1.29, 1.82) is 0 Å². The minimum Gasteiger partial charge on any atom is -0.497 e. The van der Waals surface area contributed by atoms with Gasteiger partial charge in [-0.1, -0.05) is 42.5 Å². The summed E-state index contributed by atoms with van der Waals surface area (Å²) in [5.74, 6) is -2.58. The van der Waals surface area contributed by atoms with E-state index in [0.717, 1.165) is 5.56 Å². The van der Waals surface area contributed by atoms with Gasteiger partial charge in [0.05, 0.1) is 25.8 Å². The number of hydrogen-bond donors (Lipinski definition) is 1. The van der Waals surface area contributed by atoms with Crippen LogP contribution >= 0.6 is 0 Å². The maximum absolute atomic E-state index is 12.9. The Kier molecular flexibility index (Phi) is 5.84. The minimum atomic E-state index is -1.17. The van der Waals surface area contributed by atoms with Crippen molar-refractivity contribution in [2.75, 3.05) is 7.11 Å². The highest BCUT2D eigenvalue weighted by Crippen LogP contribution is 2.23. The van der Waals surface area contributed by atoms with Gasteiger partial charge in [0.15, 0.2) is 5.78 Å². The maximum Gasteiger partial charge on any atom is 0.309 e. The van der Waals surface area contributed by atoms with Gasteiger partial charge in [-0.2, -0.15) is 5.10 Å². The molecule has 1 N–H and O–H groups in total. The Bertz CT molecular complexity index is 923. The van der Waals surface area contributed by atoms with Crippen LogP contribution in [-0.4, -0.2) is 40.6 Å². The van der Waals surface area contributed by atoms with Crippen molar-refractivity contribution in [2.24, 2.45) is 11.0 Å². The lowest BCUT2D eigenvalue weighted by Crippen LogP contribution is -2.34. The molecule has 1 heterocycles. The molecule has 2 aromatic carbocycles. The first-order valence-electron chi connectivity index (χ1n) is 8.78. The van der Waals surface area contributed by atoms with Crippen LogP contribution in [0.5, 0.6) is 5.75 Å². The number of methoxy groups -OCH3 is 1. The summed E-state index contributed by atoms with van der Waals surface area (Å²) >= 11 is 0. The van der Waals surface area contributed by atoms with Crippen LogP contribution in [0.1, 0.15) is 17.5 Å². The predicted octanol–water partition coefficient (Wildman–Crippen LogP) is 2.30. The average molecular weight is 380 g/mol. The second-order valence-corrected chi connectivity index (χ2v) is 6.47. The zero-order valence-electron chi connectivity index (χ0n) is 15.4. The van der Waals surface area contributed by atoms with E-state index in [0.29, 0.717) is 11.3 Å². The molecular weight excluding hydrogens is 360 g/mol. The van der Waals surface area contributed by atoms with E-state index in [2.05, 4.69) is 5.10 Å². The van der Waals surface area contributed by atoms with Gasteiger partial charge < -0.3 is 9.84 Å². The minimum absolute atomic E-state index is 0.00851.